The first-order valence-electron chi connectivity index (χ1n) is 10.3. The molecular formula is C22H32N2O3. The van der Waals surface area contributed by atoms with Crippen LogP contribution in [0.3, 0.4) is 0 Å². The van der Waals surface area contributed by atoms with Crippen LogP contribution in [0.25, 0.3) is 0 Å². The van der Waals surface area contributed by atoms with Gasteiger partial charge in [-0.2, -0.15) is 0 Å². The molecular weight excluding hydrogens is 340 g/mol. The second kappa shape index (κ2) is 8.77. The van der Waals surface area contributed by atoms with Crippen LogP contribution in [-0.2, 0) is 9.53 Å². The number of rotatable bonds is 6. The first-order valence-corrected chi connectivity index (χ1v) is 10.3. The predicted molar refractivity (Wildman–Crippen MR) is 107 cm³/mol. The fraction of sp³-hybridized carbons (Fsp3) is 0.636. The molecule has 1 aliphatic carbocycles. The largest absolute Gasteiger partial charge is 0.467 e. The number of amides is 1. The number of carbonyl (C=O) groups is 2. The van der Waals surface area contributed by atoms with E-state index in [1.165, 1.54) is 13.5 Å². The summed E-state index contributed by atoms with van der Waals surface area (Å²) < 4.78 is 5.01. The van der Waals surface area contributed by atoms with Crippen LogP contribution < -0.4 is 4.90 Å². The fourth-order valence-electron chi connectivity index (χ4n) is 4.63. The summed E-state index contributed by atoms with van der Waals surface area (Å²) in [7, 11) is 3.49. The zero-order valence-electron chi connectivity index (χ0n) is 16.8. The number of nitrogens with zero attached hydrogens (tertiary/aromatic N) is 2. The Morgan fingerprint density at radius 1 is 1.19 bits per heavy atom. The smallest absolute Gasteiger partial charge is 0.328 e. The van der Waals surface area contributed by atoms with Gasteiger partial charge in [0.1, 0.15) is 6.04 Å². The third-order valence-corrected chi connectivity index (χ3v) is 6.20. The van der Waals surface area contributed by atoms with Gasteiger partial charge in [0.25, 0.3) is 5.91 Å². The van der Waals surface area contributed by atoms with Gasteiger partial charge in [-0.3, -0.25) is 4.79 Å². The Labute approximate surface area is 162 Å². The number of fused-ring (bicyclic) bond motifs is 1. The number of unbranched alkanes of at least 4 members (excludes halogenated alkanes) is 1. The molecule has 1 saturated heterocycles. The van der Waals surface area contributed by atoms with Crippen LogP contribution in [0.2, 0.25) is 0 Å². The highest BCUT2D eigenvalue weighted by atomic mass is 16.5. The molecule has 1 aliphatic heterocycles. The van der Waals surface area contributed by atoms with Gasteiger partial charge in [-0.15, -0.1) is 0 Å². The Bertz CT molecular complexity index is 658. The van der Waals surface area contributed by atoms with Crippen molar-refractivity contribution in [1.29, 1.82) is 0 Å². The summed E-state index contributed by atoms with van der Waals surface area (Å²) in [6, 6.07) is 7.52. The highest BCUT2D eigenvalue weighted by Gasteiger charge is 2.48. The van der Waals surface area contributed by atoms with Crippen molar-refractivity contribution in [3.05, 3.63) is 29.8 Å². The van der Waals surface area contributed by atoms with Crippen molar-refractivity contribution in [2.75, 3.05) is 25.6 Å². The molecule has 27 heavy (non-hydrogen) atoms. The molecule has 1 aromatic rings. The maximum atomic E-state index is 13.3. The molecule has 1 saturated carbocycles. The van der Waals surface area contributed by atoms with Crippen molar-refractivity contribution in [1.82, 2.24) is 4.90 Å². The van der Waals surface area contributed by atoms with Crippen molar-refractivity contribution in [2.45, 2.75) is 64.0 Å². The monoisotopic (exact) mass is 372 g/mol. The average Bonchev–Trinajstić information content (AvgIpc) is 3.10. The number of benzene rings is 1. The maximum Gasteiger partial charge on any atom is 0.328 e. The van der Waals surface area contributed by atoms with Crippen LogP contribution in [0.5, 0.6) is 0 Å². The minimum Gasteiger partial charge on any atom is -0.467 e. The van der Waals surface area contributed by atoms with E-state index in [1.807, 2.05) is 29.2 Å². The SMILES string of the molecule is CCCCN(C)c1ccc(C(=O)N2C(C(=O)OC)CC3CCCCC32)cc1. The Morgan fingerprint density at radius 2 is 1.89 bits per heavy atom. The maximum absolute atomic E-state index is 13.3. The highest BCUT2D eigenvalue weighted by molar-refractivity contribution is 5.97. The van der Waals surface area contributed by atoms with Crippen LogP contribution >= 0.6 is 0 Å². The van der Waals surface area contributed by atoms with E-state index in [0.717, 1.165) is 50.8 Å². The van der Waals surface area contributed by atoms with Gasteiger partial charge in [-0.05, 0) is 55.9 Å². The number of hydrogen-bond acceptors (Lipinski definition) is 4. The molecule has 0 aromatic heterocycles. The van der Waals surface area contributed by atoms with Crippen LogP contribution in [0.15, 0.2) is 24.3 Å². The molecule has 2 fully saturated rings. The topological polar surface area (TPSA) is 49.9 Å². The minimum absolute atomic E-state index is 0.0393. The summed E-state index contributed by atoms with van der Waals surface area (Å²) in [4.78, 5) is 29.7. The number of methoxy groups -OCH3 is 1. The molecule has 3 unspecified atom stereocenters. The van der Waals surface area contributed by atoms with Crippen molar-refractivity contribution in [3.8, 4) is 0 Å². The van der Waals surface area contributed by atoms with Gasteiger partial charge in [0.2, 0.25) is 0 Å². The van der Waals surface area contributed by atoms with Gasteiger partial charge in [0.15, 0.2) is 0 Å². The molecule has 1 amide bonds. The lowest BCUT2D eigenvalue weighted by Crippen LogP contribution is -2.46. The summed E-state index contributed by atoms with van der Waals surface area (Å²) in [5.74, 6) is 0.0995. The van der Waals surface area contributed by atoms with E-state index in [2.05, 4.69) is 18.9 Å². The van der Waals surface area contributed by atoms with E-state index < -0.39 is 6.04 Å². The van der Waals surface area contributed by atoms with Gasteiger partial charge in [-0.1, -0.05) is 26.2 Å². The molecule has 2 aliphatic rings. The number of anilines is 1. The average molecular weight is 373 g/mol. The minimum atomic E-state index is -0.442. The van der Waals surface area contributed by atoms with E-state index in [1.54, 1.807) is 0 Å². The Morgan fingerprint density at radius 3 is 2.56 bits per heavy atom. The lowest BCUT2D eigenvalue weighted by atomic mass is 9.84. The molecule has 1 heterocycles. The summed E-state index contributed by atoms with van der Waals surface area (Å²) >= 11 is 0. The quantitative estimate of drug-likeness (QED) is 0.711. The first kappa shape index (κ1) is 19.7. The Hall–Kier alpha value is -2.04. The number of hydrogen-bond donors (Lipinski definition) is 0. The molecule has 0 N–H and O–H groups in total. The van der Waals surface area contributed by atoms with Crippen molar-refractivity contribution in [2.24, 2.45) is 5.92 Å². The summed E-state index contributed by atoms with van der Waals surface area (Å²) in [6.07, 6.45) is 7.45. The van der Waals surface area contributed by atoms with Crippen molar-refractivity contribution < 1.29 is 14.3 Å². The molecule has 148 valence electrons. The first-order chi connectivity index (χ1) is 13.1. The number of ether oxygens (including phenoxy) is 1. The summed E-state index contributed by atoms with van der Waals surface area (Å²) in [6.45, 7) is 3.19. The van der Waals surface area contributed by atoms with Gasteiger partial charge in [-0.25, -0.2) is 4.79 Å². The van der Waals surface area contributed by atoms with Crippen molar-refractivity contribution in [3.63, 3.8) is 0 Å². The summed E-state index contributed by atoms with van der Waals surface area (Å²) in [5, 5.41) is 0. The van der Waals surface area contributed by atoms with E-state index in [-0.39, 0.29) is 17.9 Å². The third-order valence-electron chi connectivity index (χ3n) is 6.20. The van der Waals surface area contributed by atoms with Crippen LogP contribution in [-0.4, -0.2) is 49.6 Å². The number of carbonyl (C=O) groups excluding carboxylic acids is 2. The molecule has 1 aromatic carbocycles. The van der Waals surface area contributed by atoms with Crippen LogP contribution in [0, 0.1) is 5.92 Å². The van der Waals surface area contributed by atoms with E-state index in [9.17, 15) is 9.59 Å². The second-order valence-corrected chi connectivity index (χ2v) is 7.92. The van der Waals surface area contributed by atoms with Gasteiger partial charge >= 0.3 is 5.97 Å². The van der Waals surface area contributed by atoms with E-state index in [0.29, 0.717) is 11.5 Å². The molecule has 0 spiro atoms. The lowest BCUT2D eigenvalue weighted by molar-refractivity contribution is -0.145. The zero-order chi connectivity index (χ0) is 19.4. The summed E-state index contributed by atoms with van der Waals surface area (Å²) in [5.41, 5.74) is 1.77. The molecule has 3 atom stereocenters. The predicted octanol–water partition coefficient (Wildman–Crippen LogP) is 3.87. The van der Waals surface area contributed by atoms with E-state index in [4.69, 9.17) is 4.74 Å². The second-order valence-electron chi connectivity index (χ2n) is 7.92. The highest BCUT2D eigenvalue weighted by Crippen LogP contribution is 2.40. The Balaban J connectivity index is 1.78. The fourth-order valence-corrected chi connectivity index (χ4v) is 4.63. The number of esters is 1. The Kier molecular flexibility index (Phi) is 6.40. The van der Waals surface area contributed by atoms with Gasteiger partial charge in [0, 0.05) is 30.9 Å². The molecule has 0 bridgehead atoms. The molecule has 0 radical (unpaired) electrons. The standard InChI is InChI=1S/C22H32N2O3/c1-4-5-14-23(2)18-12-10-16(11-13-18)21(25)24-19-9-7-6-8-17(19)15-20(24)22(26)27-3/h10-13,17,19-20H,4-9,14-15H2,1-3H3. The normalized spacial score (nSPS) is 24.4. The van der Waals surface area contributed by atoms with Crippen molar-refractivity contribution >= 4 is 17.6 Å². The molecule has 5 nitrogen and oxygen atoms in total. The van der Waals surface area contributed by atoms with Gasteiger partial charge in [0.05, 0.1) is 7.11 Å². The molecule has 3 rings (SSSR count). The molecule has 5 heteroatoms. The van der Waals surface area contributed by atoms with E-state index >= 15 is 0 Å². The zero-order valence-corrected chi connectivity index (χ0v) is 16.8. The third kappa shape index (κ3) is 4.12. The lowest BCUT2D eigenvalue weighted by Gasteiger charge is -2.33. The van der Waals surface area contributed by atoms with Crippen LogP contribution in [0.1, 0.15) is 62.2 Å². The van der Waals surface area contributed by atoms with Gasteiger partial charge < -0.3 is 14.5 Å². The van der Waals surface area contributed by atoms with Crippen LogP contribution in [0.4, 0.5) is 5.69 Å². The number of likely N-dealkylation sites (tertiary alicyclic amines) is 1.